The van der Waals surface area contributed by atoms with Crippen molar-refractivity contribution in [3.8, 4) is 0 Å². The average Bonchev–Trinajstić information content (AvgIpc) is 2.42. The van der Waals surface area contributed by atoms with Crippen LogP contribution in [0.15, 0.2) is 36.4 Å². The van der Waals surface area contributed by atoms with Crippen molar-refractivity contribution in [3.05, 3.63) is 69.8 Å². The lowest BCUT2D eigenvalue weighted by Crippen LogP contribution is -2.24. The van der Waals surface area contributed by atoms with E-state index in [0.717, 1.165) is 13.0 Å². The number of aryl methyl sites for hydroxylation is 4. The second kappa shape index (κ2) is 6.91. The van der Waals surface area contributed by atoms with Crippen molar-refractivity contribution in [2.24, 2.45) is 0 Å². The van der Waals surface area contributed by atoms with Crippen molar-refractivity contribution in [2.45, 2.75) is 47.1 Å². The first-order valence-corrected chi connectivity index (χ1v) is 7.90. The molecule has 2 rings (SSSR count). The smallest absolute Gasteiger partial charge is 0.0581 e. The molecule has 0 spiro atoms. The summed E-state index contributed by atoms with van der Waals surface area (Å²) in [6.07, 6.45) is 1.15. The van der Waals surface area contributed by atoms with Crippen molar-refractivity contribution in [2.75, 3.05) is 6.54 Å². The van der Waals surface area contributed by atoms with E-state index >= 15 is 0 Å². The van der Waals surface area contributed by atoms with Crippen LogP contribution in [0.4, 0.5) is 0 Å². The predicted molar refractivity (Wildman–Crippen MR) is 92.0 cm³/mol. The van der Waals surface area contributed by atoms with Crippen LogP contribution in [0, 0.1) is 27.7 Å². The van der Waals surface area contributed by atoms with E-state index in [-0.39, 0.29) is 6.04 Å². The number of rotatable bonds is 5. The third-order valence-corrected chi connectivity index (χ3v) is 4.07. The van der Waals surface area contributed by atoms with Crippen LogP contribution in [0.1, 0.15) is 52.8 Å². The lowest BCUT2D eigenvalue weighted by atomic mass is 9.90. The van der Waals surface area contributed by atoms with E-state index in [2.05, 4.69) is 76.3 Å². The van der Waals surface area contributed by atoms with Crippen molar-refractivity contribution in [3.63, 3.8) is 0 Å². The summed E-state index contributed by atoms with van der Waals surface area (Å²) in [5, 5.41) is 3.72. The van der Waals surface area contributed by atoms with Gasteiger partial charge in [0.1, 0.15) is 0 Å². The number of hydrogen-bond acceptors (Lipinski definition) is 1. The number of benzene rings is 2. The Labute approximate surface area is 129 Å². The van der Waals surface area contributed by atoms with Crippen molar-refractivity contribution < 1.29 is 0 Å². The van der Waals surface area contributed by atoms with Crippen LogP contribution in [0.2, 0.25) is 0 Å². The van der Waals surface area contributed by atoms with Gasteiger partial charge in [0.2, 0.25) is 0 Å². The monoisotopic (exact) mass is 281 g/mol. The van der Waals surface area contributed by atoms with Gasteiger partial charge in [-0.05, 0) is 62.9 Å². The SMILES string of the molecule is CCCNC(c1ccc(C)cc1C)c1ccc(C)cc1C. The zero-order valence-electron chi connectivity index (χ0n) is 14.0. The van der Waals surface area contributed by atoms with Crippen LogP contribution in [0.3, 0.4) is 0 Å². The van der Waals surface area contributed by atoms with Crippen LogP contribution < -0.4 is 5.32 Å². The minimum absolute atomic E-state index is 0.283. The van der Waals surface area contributed by atoms with Gasteiger partial charge < -0.3 is 5.32 Å². The maximum absolute atomic E-state index is 3.72. The third-order valence-electron chi connectivity index (χ3n) is 4.07. The summed E-state index contributed by atoms with van der Waals surface area (Å²) in [6, 6.07) is 13.8. The first kappa shape index (κ1) is 15.8. The zero-order chi connectivity index (χ0) is 15.4. The molecule has 0 radical (unpaired) electrons. The zero-order valence-corrected chi connectivity index (χ0v) is 14.0. The van der Waals surface area contributed by atoms with Crippen LogP contribution in [-0.2, 0) is 0 Å². The molecular weight excluding hydrogens is 254 g/mol. The Morgan fingerprint density at radius 2 is 1.29 bits per heavy atom. The summed E-state index contributed by atoms with van der Waals surface area (Å²) in [7, 11) is 0. The van der Waals surface area contributed by atoms with E-state index in [1.807, 2.05) is 0 Å². The van der Waals surface area contributed by atoms with Gasteiger partial charge in [0.05, 0.1) is 6.04 Å². The lowest BCUT2D eigenvalue weighted by Gasteiger charge is -2.24. The fourth-order valence-corrected chi connectivity index (χ4v) is 2.98. The summed E-state index contributed by atoms with van der Waals surface area (Å²) in [4.78, 5) is 0. The Balaban J connectivity index is 2.46. The summed E-state index contributed by atoms with van der Waals surface area (Å²) in [5.41, 5.74) is 8.16. The minimum Gasteiger partial charge on any atom is -0.306 e. The van der Waals surface area contributed by atoms with Gasteiger partial charge in [-0.2, -0.15) is 0 Å². The molecule has 0 aliphatic rings. The molecule has 0 bridgehead atoms. The Morgan fingerprint density at radius 3 is 1.67 bits per heavy atom. The van der Waals surface area contributed by atoms with Crippen molar-refractivity contribution in [1.82, 2.24) is 5.32 Å². The predicted octanol–water partition coefficient (Wildman–Crippen LogP) is 5.01. The molecule has 2 aromatic carbocycles. The standard InChI is InChI=1S/C20H27N/c1-6-11-21-20(18-9-7-14(2)12-16(18)4)19-10-8-15(3)13-17(19)5/h7-10,12-13,20-21H,6,11H2,1-5H3. The Kier molecular flexibility index (Phi) is 5.19. The molecule has 112 valence electrons. The Bertz CT molecular complexity index is 562. The van der Waals surface area contributed by atoms with Crippen LogP contribution in [-0.4, -0.2) is 6.54 Å². The first-order chi connectivity index (χ1) is 10.0. The summed E-state index contributed by atoms with van der Waals surface area (Å²) >= 11 is 0. The van der Waals surface area contributed by atoms with Crippen molar-refractivity contribution >= 4 is 0 Å². The summed E-state index contributed by atoms with van der Waals surface area (Å²) < 4.78 is 0. The largest absolute Gasteiger partial charge is 0.306 e. The highest BCUT2D eigenvalue weighted by atomic mass is 14.9. The van der Waals surface area contributed by atoms with Gasteiger partial charge in [0.15, 0.2) is 0 Å². The quantitative estimate of drug-likeness (QED) is 0.812. The van der Waals surface area contributed by atoms with Gasteiger partial charge in [-0.25, -0.2) is 0 Å². The van der Waals surface area contributed by atoms with E-state index in [1.54, 1.807) is 0 Å². The van der Waals surface area contributed by atoms with Gasteiger partial charge in [-0.15, -0.1) is 0 Å². The van der Waals surface area contributed by atoms with Gasteiger partial charge >= 0.3 is 0 Å². The normalized spacial score (nSPS) is 11.1. The Hall–Kier alpha value is -1.60. The number of hydrogen-bond donors (Lipinski definition) is 1. The Morgan fingerprint density at radius 1 is 0.810 bits per heavy atom. The van der Waals surface area contributed by atoms with E-state index in [4.69, 9.17) is 0 Å². The van der Waals surface area contributed by atoms with Crippen LogP contribution in [0.25, 0.3) is 0 Å². The van der Waals surface area contributed by atoms with Gasteiger partial charge in [-0.1, -0.05) is 54.4 Å². The molecule has 0 heterocycles. The average molecular weight is 281 g/mol. The molecular formula is C20H27N. The molecule has 1 nitrogen and oxygen atoms in total. The fraction of sp³-hybridized carbons (Fsp3) is 0.400. The third kappa shape index (κ3) is 3.74. The molecule has 0 saturated heterocycles. The van der Waals surface area contributed by atoms with Gasteiger partial charge in [-0.3, -0.25) is 0 Å². The first-order valence-electron chi connectivity index (χ1n) is 7.90. The highest BCUT2D eigenvalue weighted by Crippen LogP contribution is 2.28. The fourth-order valence-electron chi connectivity index (χ4n) is 2.98. The maximum atomic E-state index is 3.72. The topological polar surface area (TPSA) is 12.0 Å². The molecule has 21 heavy (non-hydrogen) atoms. The molecule has 0 fully saturated rings. The second-order valence-electron chi connectivity index (χ2n) is 6.11. The van der Waals surface area contributed by atoms with Crippen molar-refractivity contribution in [1.29, 1.82) is 0 Å². The van der Waals surface area contributed by atoms with Crippen LogP contribution in [0.5, 0.6) is 0 Å². The highest BCUT2D eigenvalue weighted by Gasteiger charge is 2.17. The molecule has 2 aromatic rings. The molecule has 0 amide bonds. The van der Waals surface area contributed by atoms with E-state index in [0.29, 0.717) is 0 Å². The molecule has 0 aromatic heterocycles. The van der Waals surface area contributed by atoms with E-state index in [1.165, 1.54) is 33.4 Å². The second-order valence-corrected chi connectivity index (χ2v) is 6.11. The number of nitrogens with one attached hydrogen (secondary N) is 1. The van der Waals surface area contributed by atoms with Gasteiger partial charge in [0, 0.05) is 0 Å². The maximum Gasteiger partial charge on any atom is 0.0581 e. The summed E-state index contributed by atoms with van der Waals surface area (Å²) in [6.45, 7) is 12.0. The lowest BCUT2D eigenvalue weighted by molar-refractivity contribution is 0.594. The highest BCUT2D eigenvalue weighted by molar-refractivity contribution is 5.42. The molecule has 1 N–H and O–H groups in total. The minimum atomic E-state index is 0.283. The molecule has 0 saturated carbocycles. The van der Waals surface area contributed by atoms with Crippen LogP contribution >= 0.6 is 0 Å². The molecule has 1 heteroatoms. The molecule has 0 aliphatic carbocycles. The van der Waals surface area contributed by atoms with E-state index < -0.39 is 0 Å². The van der Waals surface area contributed by atoms with Gasteiger partial charge in [0.25, 0.3) is 0 Å². The molecule has 0 unspecified atom stereocenters. The molecule has 0 aliphatic heterocycles. The summed E-state index contributed by atoms with van der Waals surface area (Å²) in [5.74, 6) is 0. The van der Waals surface area contributed by atoms with E-state index in [9.17, 15) is 0 Å². The molecule has 0 atom stereocenters.